The number of carbonyl (C=O) groups is 1. The highest BCUT2D eigenvalue weighted by atomic mass is 35.5. The van der Waals surface area contributed by atoms with Gasteiger partial charge >= 0.3 is 0 Å². The number of carbonyl (C=O) groups excluding carboxylic acids is 1. The summed E-state index contributed by atoms with van der Waals surface area (Å²) in [5.74, 6) is -10.7. The first-order valence-corrected chi connectivity index (χ1v) is 8.43. The summed E-state index contributed by atoms with van der Waals surface area (Å²) in [6, 6.07) is 8.12. The highest BCUT2D eigenvalue weighted by Gasteiger charge is 2.25. The maximum Gasteiger partial charge on any atom is 0.249 e. The number of hydrogen-bond donors (Lipinski definition) is 1. The molecule has 1 aromatic heterocycles. The Balaban J connectivity index is 1.72. The minimum Gasteiger partial charge on any atom is -0.306 e. The summed E-state index contributed by atoms with van der Waals surface area (Å²) < 4.78 is 68.1. The Morgan fingerprint density at radius 3 is 2.28 bits per heavy atom. The van der Waals surface area contributed by atoms with E-state index in [2.05, 4.69) is 10.4 Å². The number of benzene rings is 2. The number of aromatic nitrogens is 2. The van der Waals surface area contributed by atoms with Crippen molar-refractivity contribution >= 4 is 29.4 Å². The van der Waals surface area contributed by atoms with Gasteiger partial charge in [-0.1, -0.05) is 29.8 Å². The predicted molar refractivity (Wildman–Crippen MR) is 96.7 cm³/mol. The first kappa shape index (κ1) is 20.5. The van der Waals surface area contributed by atoms with Crippen LogP contribution < -0.4 is 5.32 Å². The molecule has 0 aliphatic carbocycles. The number of amides is 1. The Kier molecular flexibility index (Phi) is 5.97. The van der Waals surface area contributed by atoms with Gasteiger partial charge < -0.3 is 5.32 Å². The van der Waals surface area contributed by atoms with Gasteiger partial charge in [-0.3, -0.25) is 9.48 Å². The fourth-order valence-corrected chi connectivity index (χ4v) is 2.61. The third kappa shape index (κ3) is 4.45. The molecule has 0 saturated carbocycles. The Hall–Kier alpha value is -3.20. The molecule has 2 aromatic carbocycles. The molecule has 0 bridgehead atoms. The van der Waals surface area contributed by atoms with Gasteiger partial charge in [0, 0.05) is 23.4 Å². The van der Waals surface area contributed by atoms with Crippen LogP contribution in [-0.2, 0) is 11.3 Å². The van der Waals surface area contributed by atoms with Gasteiger partial charge in [0.15, 0.2) is 29.1 Å². The van der Waals surface area contributed by atoms with E-state index in [9.17, 15) is 26.7 Å². The number of nitrogens with zero attached hydrogens (tertiary/aromatic N) is 2. The monoisotopic (exact) mass is 427 g/mol. The normalized spacial score (nSPS) is 11.2. The van der Waals surface area contributed by atoms with Crippen molar-refractivity contribution in [1.29, 1.82) is 0 Å². The largest absolute Gasteiger partial charge is 0.306 e. The second-order valence-electron chi connectivity index (χ2n) is 5.79. The van der Waals surface area contributed by atoms with Crippen molar-refractivity contribution < 1.29 is 26.7 Å². The standard InChI is InChI=1S/C19H11ClF5N3O/c20-12-4-2-1-3-10(12)5-6-14(29)26-13-7-8-28(27-13)9-11-15(21)17(23)19(25)18(24)16(11)22/h1-8H,9H2,(H,26,27,29)/b6-5+. The average Bonchev–Trinajstić information content (AvgIpc) is 3.14. The number of anilines is 1. The summed E-state index contributed by atoms with van der Waals surface area (Å²) in [4.78, 5) is 11.9. The maximum atomic E-state index is 13.7. The van der Waals surface area contributed by atoms with Crippen molar-refractivity contribution in [2.75, 3.05) is 5.32 Å². The van der Waals surface area contributed by atoms with Crippen LogP contribution in [0.15, 0.2) is 42.6 Å². The lowest BCUT2D eigenvalue weighted by atomic mass is 10.1. The van der Waals surface area contributed by atoms with Crippen molar-refractivity contribution in [3.05, 3.63) is 87.8 Å². The maximum absolute atomic E-state index is 13.7. The van der Waals surface area contributed by atoms with Crippen molar-refractivity contribution in [1.82, 2.24) is 9.78 Å². The predicted octanol–water partition coefficient (Wildman–Crippen LogP) is 4.93. The van der Waals surface area contributed by atoms with Crippen LogP contribution in [0.4, 0.5) is 27.8 Å². The van der Waals surface area contributed by atoms with E-state index in [1.54, 1.807) is 24.3 Å². The van der Waals surface area contributed by atoms with E-state index in [1.807, 2.05) is 0 Å². The zero-order chi connectivity index (χ0) is 21.1. The van der Waals surface area contributed by atoms with Crippen LogP contribution in [0.5, 0.6) is 0 Å². The molecule has 0 unspecified atom stereocenters. The van der Waals surface area contributed by atoms with Crippen molar-refractivity contribution in [2.24, 2.45) is 0 Å². The van der Waals surface area contributed by atoms with Crippen LogP contribution >= 0.6 is 11.6 Å². The smallest absolute Gasteiger partial charge is 0.249 e. The van der Waals surface area contributed by atoms with E-state index >= 15 is 0 Å². The second kappa shape index (κ2) is 8.44. The molecule has 29 heavy (non-hydrogen) atoms. The lowest BCUT2D eigenvalue weighted by molar-refractivity contribution is -0.111. The molecule has 0 radical (unpaired) electrons. The summed E-state index contributed by atoms with van der Waals surface area (Å²) in [5, 5.41) is 6.69. The van der Waals surface area contributed by atoms with Gasteiger partial charge in [0.2, 0.25) is 11.7 Å². The molecule has 3 rings (SSSR count). The molecule has 0 aliphatic rings. The van der Waals surface area contributed by atoms with Crippen LogP contribution in [0.3, 0.4) is 0 Å². The number of halogens is 6. The summed E-state index contributed by atoms with van der Waals surface area (Å²) >= 11 is 5.97. The van der Waals surface area contributed by atoms with Crippen LogP contribution in [-0.4, -0.2) is 15.7 Å². The summed E-state index contributed by atoms with van der Waals surface area (Å²) in [7, 11) is 0. The van der Waals surface area contributed by atoms with Gasteiger partial charge in [0.05, 0.1) is 12.1 Å². The number of nitrogens with one attached hydrogen (secondary N) is 1. The third-order valence-corrected chi connectivity index (χ3v) is 4.18. The quantitative estimate of drug-likeness (QED) is 0.271. The Bertz CT molecular complexity index is 1080. The van der Waals surface area contributed by atoms with Crippen molar-refractivity contribution in [3.63, 3.8) is 0 Å². The Morgan fingerprint density at radius 1 is 1.00 bits per heavy atom. The van der Waals surface area contributed by atoms with Gasteiger partial charge in [-0.05, 0) is 17.7 Å². The highest BCUT2D eigenvalue weighted by Crippen LogP contribution is 2.24. The summed E-state index contributed by atoms with van der Waals surface area (Å²) in [6.07, 6.45) is 3.89. The van der Waals surface area contributed by atoms with Crippen LogP contribution in [0.1, 0.15) is 11.1 Å². The molecule has 3 aromatic rings. The lowest BCUT2D eigenvalue weighted by Crippen LogP contribution is -2.12. The molecule has 150 valence electrons. The molecule has 1 heterocycles. The Morgan fingerprint density at radius 2 is 1.62 bits per heavy atom. The van der Waals surface area contributed by atoms with Gasteiger partial charge in [-0.25, -0.2) is 22.0 Å². The van der Waals surface area contributed by atoms with Gasteiger partial charge in [-0.2, -0.15) is 5.10 Å². The van der Waals surface area contributed by atoms with Crippen LogP contribution in [0, 0.1) is 29.1 Å². The van der Waals surface area contributed by atoms with E-state index in [0.29, 0.717) is 10.6 Å². The minimum atomic E-state index is -2.23. The molecule has 1 N–H and O–H groups in total. The number of rotatable bonds is 5. The van der Waals surface area contributed by atoms with E-state index in [4.69, 9.17) is 11.6 Å². The second-order valence-corrected chi connectivity index (χ2v) is 6.20. The van der Waals surface area contributed by atoms with Crippen LogP contribution in [0.25, 0.3) is 6.08 Å². The van der Waals surface area contributed by atoms with E-state index in [-0.39, 0.29) is 5.82 Å². The molecule has 10 heteroatoms. The third-order valence-electron chi connectivity index (χ3n) is 3.83. The molecular weight excluding hydrogens is 417 g/mol. The highest BCUT2D eigenvalue weighted by molar-refractivity contribution is 6.32. The van der Waals surface area contributed by atoms with Gasteiger partial charge in [-0.15, -0.1) is 0 Å². The fourth-order valence-electron chi connectivity index (χ4n) is 2.41. The average molecular weight is 428 g/mol. The first-order chi connectivity index (χ1) is 13.8. The molecule has 1 amide bonds. The van der Waals surface area contributed by atoms with Gasteiger partial charge in [0.1, 0.15) is 0 Å². The molecule has 4 nitrogen and oxygen atoms in total. The van der Waals surface area contributed by atoms with E-state index in [1.165, 1.54) is 24.4 Å². The molecule has 0 aliphatic heterocycles. The number of hydrogen-bond acceptors (Lipinski definition) is 2. The van der Waals surface area contributed by atoms with Crippen LogP contribution in [0.2, 0.25) is 5.02 Å². The van der Waals surface area contributed by atoms with E-state index in [0.717, 1.165) is 4.68 Å². The lowest BCUT2D eigenvalue weighted by Gasteiger charge is -2.08. The zero-order valence-electron chi connectivity index (χ0n) is 14.4. The zero-order valence-corrected chi connectivity index (χ0v) is 15.2. The van der Waals surface area contributed by atoms with Crippen molar-refractivity contribution in [2.45, 2.75) is 6.54 Å². The van der Waals surface area contributed by atoms with Crippen molar-refractivity contribution in [3.8, 4) is 0 Å². The topological polar surface area (TPSA) is 46.9 Å². The molecular formula is C19H11ClF5N3O. The first-order valence-electron chi connectivity index (χ1n) is 8.05. The Labute approximate surface area is 166 Å². The van der Waals surface area contributed by atoms with Gasteiger partial charge in [0.25, 0.3) is 0 Å². The SMILES string of the molecule is O=C(/C=C/c1ccccc1Cl)Nc1ccn(Cc2c(F)c(F)c(F)c(F)c2F)n1. The fraction of sp³-hybridized carbons (Fsp3) is 0.0526. The molecule has 0 atom stereocenters. The summed E-state index contributed by atoms with van der Waals surface area (Å²) in [5.41, 5.74) is -0.429. The molecule has 0 saturated heterocycles. The summed E-state index contributed by atoms with van der Waals surface area (Å²) in [6.45, 7) is -0.725. The molecule has 0 fully saturated rings. The molecule has 0 spiro atoms. The van der Waals surface area contributed by atoms with E-state index < -0.39 is 47.1 Å². The minimum absolute atomic E-state index is 0.0164.